The summed E-state index contributed by atoms with van der Waals surface area (Å²) in [6, 6.07) is 17.0. The van der Waals surface area contributed by atoms with Crippen molar-refractivity contribution in [2.75, 3.05) is 14.2 Å². The highest BCUT2D eigenvalue weighted by atomic mass is 35.5. The van der Waals surface area contributed by atoms with Crippen LogP contribution >= 0.6 is 11.6 Å². The van der Waals surface area contributed by atoms with Gasteiger partial charge in [-0.3, -0.25) is 9.69 Å². The van der Waals surface area contributed by atoms with E-state index in [2.05, 4.69) is 17.4 Å². The van der Waals surface area contributed by atoms with Crippen molar-refractivity contribution in [3.63, 3.8) is 0 Å². The third kappa shape index (κ3) is 3.69. The molecule has 7 heteroatoms. The van der Waals surface area contributed by atoms with E-state index >= 15 is 0 Å². The molecule has 1 N–H and O–H groups in total. The van der Waals surface area contributed by atoms with Gasteiger partial charge < -0.3 is 14.8 Å². The van der Waals surface area contributed by atoms with Crippen molar-refractivity contribution in [3.05, 3.63) is 76.4 Å². The molecule has 1 aliphatic rings. The Morgan fingerprint density at radius 3 is 2.60 bits per heavy atom. The Morgan fingerprint density at radius 2 is 1.87 bits per heavy atom. The number of hydrogen-bond donors (Lipinski definition) is 1. The van der Waals surface area contributed by atoms with Gasteiger partial charge in [-0.2, -0.15) is 0 Å². The van der Waals surface area contributed by atoms with E-state index in [0.29, 0.717) is 28.7 Å². The van der Waals surface area contributed by atoms with Gasteiger partial charge in [0.1, 0.15) is 12.3 Å². The van der Waals surface area contributed by atoms with E-state index in [1.54, 1.807) is 18.2 Å². The highest BCUT2D eigenvalue weighted by Gasteiger charge is 2.30. The van der Waals surface area contributed by atoms with Gasteiger partial charge in [-0.15, -0.1) is 0 Å². The van der Waals surface area contributed by atoms with Crippen molar-refractivity contribution < 1.29 is 19.1 Å². The van der Waals surface area contributed by atoms with E-state index in [0.717, 1.165) is 21.2 Å². The van der Waals surface area contributed by atoms with E-state index in [4.69, 9.17) is 21.1 Å². The molecule has 3 aromatic carbocycles. The van der Waals surface area contributed by atoms with Crippen molar-refractivity contribution in [2.45, 2.75) is 6.61 Å². The number of benzene rings is 3. The number of imide groups is 1. The maximum absolute atomic E-state index is 12.1. The number of fused-ring (bicyclic) bond motifs is 1. The first kappa shape index (κ1) is 19.8. The van der Waals surface area contributed by atoms with Crippen LogP contribution in [0, 0.1) is 0 Å². The maximum Gasteiger partial charge on any atom is 0.328 e. The van der Waals surface area contributed by atoms with Crippen molar-refractivity contribution in [1.82, 2.24) is 10.2 Å². The van der Waals surface area contributed by atoms with Crippen LogP contribution in [0.3, 0.4) is 0 Å². The number of rotatable bonds is 5. The minimum Gasteiger partial charge on any atom is -0.493 e. The molecular weight excluding hydrogens is 404 g/mol. The Morgan fingerprint density at radius 1 is 1.10 bits per heavy atom. The topological polar surface area (TPSA) is 67.9 Å². The predicted molar refractivity (Wildman–Crippen MR) is 116 cm³/mol. The van der Waals surface area contributed by atoms with E-state index in [-0.39, 0.29) is 5.70 Å². The summed E-state index contributed by atoms with van der Waals surface area (Å²) in [6.07, 6.45) is 1.55. The van der Waals surface area contributed by atoms with Crippen LogP contribution in [0.2, 0.25) is 5.02 Å². The Labute approximate surface area is 178 Å². The van der Waals surface area contributed by atoms with Crippen molar-refractivity contribution >= 4 is 40.4 Å². The van der Waals surface area contributed by atoms with Gasteiger partial charge in [-0.05, 0) is 40.1 Å². The Bertz CT molecular complexity index is 1180. The summed E-state index contributed by atoms with van der Waals surface area (Å²) in [4.78, 5) is 24.7. The number of halogens is 1. The molecule has 3 amide bonds. The van der Waals surface area contributed by atoms with Gasteiger partial charge in [0.2, 0.25) is 0 Å². The molecule has 3 aromatic rings. The van der Waals surface area contributed by atoms with Gasteiger partial charge in [0.15, 0.2) is 11.5 Å². The SMILES string of the molecule is COc1cc(/C=C2/NC(=O)N(C)C2=O)cc(Cl)c1OCc1cccc2ccccc12. The molecule has 1 saturated heterocycles. The lowest BCUT2D eigenvalue weighted by molar-refractivity contribution is -0.121. The first-order valence-electron chi connectivity index (χ1n) is 9.25. The van der Waals surface area contributed by atoms with E-state index in [1.165, 1.54) is 14.2 Å². The highest BCUT2D eigenvalue weighted by Crippen LogP contribution is 2.38. The van der Waals surface area contributed by atoms with Crippen molar-refractivity contribution in [1.29, 1.82) is 0 Å². The second-order valence-corrected chi connectivity index (χ2v) is 7.22. The van der Waals surface area contributed by atoms with Crippen LogP contribution in [0.25, 0.3) is 16.8 Å². The van der Waals surface area contributed by atoms with Crippen LogP contribution in [0.5, 0.6) is 11.5 Å². The number of amides is 3. The second kappa shape index (κ2) is 8.08. The molecule has 0 aliphatic carbocycles. The molecule has 0 atom stereocenters. The van der Waals surface area contributed by atoms with Crippen molar-refractivity contribution in [2.24, 2.45) is 0 Å². The van der Waals surface area contributed by atoms with Crippen LogP contribution in [0.15, 0.2) is 60.3 Å². The zero-order chi connectivity index (χ0) is 21.3. The van der Waals surface area contributed by atoms with Gasteiger partial charge >= 0.3 is 6.03 Å². The summed E-state index contributed by atoms with van der Waals surface area (Å²) in [5, 5.41) is 5.10. The lowest BCUT2D eigenvalue weighted by Gasteiger charge is -2.14. The number of nitrogens with zero attached hydrogens (tertiary/aromatic N) is 1. The molecule has 6 nitrogen and oxygen atoms in total. The Kier molecular flexibility index (Phi) is 5.33. The number of likely N-dealkylation sites (N-methyl/N-ethyl adjacent to an activating group) is 1. The summed E-state index contributed by atoms with van der Waals surface area (Å²) in [5.41, 5.74) is 1.80. The zero-order valence-electron chi connectivity index (χ0n) is 16.4. The molecule has 1 aliphatic heterocycles. The quantitative estimate of drug-likeness (QED) is 0.482. The molecule has 152 valence electrons. The fraction of sp³-hybridized carbons (Fsp3) is 0.130. The number of methoxy groups -OCH3 is 1. The number of urea groups is 1. The molecule has 30 heavy (non-hydrogen) atoms. The maximum atomic E-state index is 12.1. The largest absolute Gasteiger partial charge is 0.493 e. The molecule has 0 radical (unpaired) electrons. The molecule has 0 spiro atoms. The fourth-order valence-corrected chi connectivity index (χ4v) is 3.60. The van der Waals surface area contributed by atoms with Gasteiger partial charge in [0, 0.05) is 7.05 Å². The normalized spacial score (nSPS) is 15.0. The van der Waals surface area contributed by atoms with Gasteiger partial charge in [-0.1, -0.05) is 54.1 Å². The van der Waals surface area contributed by atoms with Gasteiger partial charge in [0.25, 0.3) is 5.91 Å². The monoisotopic (exact) mass is 422 g/mol. The predicted octanol–water partition coefficient (Wildman–Crippen LogP) is 4.60. The third-order valence-electron chi connectivity index (χ3n) is 4.90. The minimum absolute atomic E-state index is 0.171. The number of carbonyl (C=O) groups is 2. The summed E-state index contributed by atoms with van der Waals surface area (Å²) in [7, 11) is 2.93. The zero-order valence-corrected chi connectivity index (χ0v) is 17.2. The number of ether oxygens (including phenoxy) is 2. The number of nitrogens with one attached hydrogen (secondary N) is 1. The lowest BCUT2D eigenvalue weighted by atomic mass is 10.1. The molecule has 0 aromatic heterocycles. The summed E-state index contributed by atoms with van der Waals surface area (Å²) in [5.74, 6) is 0.430. The minimum atomic E-state index is -0.473. The first-order valence-corrected chi connectivity index (χ1v) is 9.63. The molecule has 1 heterocycles. The molecule has 1 fully saturated rings. The molecule has 4 rings (SSSR count). The van der Waals surface area contributed by atoms with E-state index < -0.39 is 11.9 Å². The summed E-state index contributed by atoms with van der Waals surface area (Å²) < 4.78 is 11.5. The molecular formula is C23H19ClN2O4. The first-order chi connectivity index (χ1) is 14.5. The summed E-state index contributed by atoms with van der Waals surface area (Å²) >= 11 is 6.46. The number of hydrogen-bond acceptors (Lipinski definition) is 4. The van der Waals surface area contributed by atoms with Crippen LogP contribution in [-0.2, 0) is 11.4 Å². The van der Waals surface area contributed by atoms with Gasteiger partial charge in [-0.25, -0.2) is 4.79 Å². The van der Waals surface area contributed by atoms with Gasteiger partial charge in [0.05, 0.1) is 12.1 Å². The summed E-state index contributed by atoms with van der Waals surface area (Å²) in [6.45, 7) is 0.317. The third-order valence-corrected chi connectivity index (χ3v) is 5.18. The standard InChI is InChI=1S/C23H19ClN2O4/c1-26-22(27)19(25-23(26)28)11-14-10-18(24)21(20(12-14)29-2)30-13-16-8-5-7-15-6-3-4-9-17(15)16/h3-12H,13H2,1-2H3,(H,25,28)/b19-11+. The average molecular weight is 423 g/mol. The van der Waals surface area contributed by atoms with Crippen molar-refractivity contribution in [3.8, 4) is 11.5 Å². The highest BCUT2D eigenvalue weighted by molar-refractivity contribution is 6.32. The van der Waals surface area contributed by atoms with Crippen LogP contribution in [0.4, 0.5) is 4.79 Å². The number of carbonyl (C=O) groups excluding carboxylic acids is 2. The second-order valence-electron chi connectivity index (χ2n) is 6.81. The lowest BCUT2D eigenvalue weighted by Crippen LogP contribution is -2.25. The van der Waals surface area contributed by atoms with Crippen LogP contribution in [0.1, 0.15) is 11.1 Å². The fourth-order valence-electron chi connectivity index (χ4n) is 3.32. The molecule has 0 unspecified atom stereocenters. The van der Waals surface area contributed by atoms with E-state index in [1.807, 2.05) is 30.3 Å². The Hall–Kier alpha value is -3.51. The van der Waals surface area contributed by atoms with Crippen LogP contribution in [-0.4, -0.2) is 31.0 Å². The molecule has 0 bridgehead atoms. The van der Waals surface area contributed by atoms with E-state index in [9.17, 15) is 9.59 Å². The smallest absolute Gasteiger partial charge is 0.328 e. The average Bonchev–Trinajstić information content (AvgIpc) is 2.99. The van der Waals surface area contributed by atoms with Crippen LogP contribution < -0.4 is 14.8 Å². The Balaban J connectivity index is 1.62. The molecule has 0 saturated carbocycles.